The van der Waals surface area contributed by atoms with Crippen molar-refractivity contribution in [2.75, 3.05) is 78.5 Å². The third kappa shape index (κ3) is 16.4. The minimum atomic E-state index is -0.825. The Kier molecular flexibility index (Phi) is 24.3. The monoisotopic (exact) mass is 1780 g/mol. The van der Waals surface area contributed by atoms with Crippen LogP contribution in [0.4, 0.5) is 44.7 Å². The van der Waals surface area contributed by atoms with Crippen molar-refractivity contribution in [2.45, 2.75) is 177 Å². The molecule has 6 unspecified atom stereocenters. The second kappa shape index (κ2) is 36.2. The third-order valence-electron chi connectivity index (χ3n) is 29.6. The van der Waals surface area contributed by atoms with Gasteiger partial charge in [0, 0.05) is 185 Å². The molecule has 8 aromatic carbocycles. The minimum absolute atomic E-state index is 0.00292. The fourth-order valence-corrected chi connectivity index (χ4v) is 22.7. The SMILES string of the molecule is CC(=O)N1CCC2(C1)C(=O)N(Cc1ccc(-c3cnn(C)c3)cc1F)c1ccccc12.CC(C)CN1CCC2(C1)C(=O)N(Cc1ccc(-c3cnn(C)c3)cc1F)c1ccccc12.CCn1cc(-c2ccc(CN3C(=O)C4(CCN(C5CCCC5)C4)c4ccccc43)c(F)c2)cn1.Cn1cc(-c2ccc(CN3C(=O)C4(CCN(C5CCCCC5F)C4)c4ccccc43)c(F)c2)cn1. The zero-order chi connectivity index (χ0) is 91.6. The number of amides is 5. The number of likely N-dealkylation sites (tertiary alicyclic amines) is 4. The van der Waals surface area contributed by atoms with Crippen molar-refractivity contribution in [2.24, 2.45) is 27.1 Å². The van der Waals surface area contributed by atoms with Crippen LogP contribution in [0.25, 0.3) is 44.5 Å². The summed E-state index contributed by atoms with van der Waals surface area (Å²) in [5, 5.41) is 16.8. The molecule has 6 atom stereocenters. The molecule has 132 heavy (non-hydrogen) atoms. The van der Waals surface area contributed by atoms with Gasteiger partial charge in [-0.3, -0.25) is 52.5 Å². The number of carbonyl (C=O) groups excluding carboxylic acids is 5. The van der Waals surface area contributed by atoms with Crippen LogP contribution >= 0.6 is 0 Å². The Labute approximate surface area is 767 Å². The van der Waals surface area contributed by atoms with Crippen LogP contribution in [0.15, 0.2) is 219 Å². The highest BCUT2D eigenvalue weighted by atomic mass is 19.1. The van der Waals surface area contributed by atoms with E-state index in [-0.39, 0.29) is 85.0 Å². The second-order valence-corrected chi connectivity index (χ2v) is 38.3. The van der Waals surface area contributed by atoms with Gasteiger partial charge in [-0.15, -0.1) is 0 Å². The van der Waals surface area contributed by atoms with Gasteiger partial charge in [0.25, 0.3) is 0 Å². The lowest BCUT2D eigenvalue weighted by molar-refractivity contribution is -0.129. The van der Waals surface area contributed by atoms with Gasteiger partial charge in [-0.25, -0.2) is 22.0 Å². The van der Waals surface area contributed by atoms with Crippen molar-refractivity contribution in [3.05, 3.63) is 287 Å². The van der Waals surface area contributed by atoms with Crippen molar-refractivity contribution in [1.29, 1.82) is 0 Å². The standard InChI is InChI=1S/C28H30F2N4O.C28H31FN4O.C26H29FN4O.C24H23FN4O2/c1-32-16-21(15-31-32)19-10-11-20(24(30)14-19)17-34-25-8-4-2-6-22(25)28(27(34)35)12-13-33(18-28)26-9-5-3-7-23(26)29;1-2-32-17-22(16-30-32)20-11-12-21(25(29)15-20)18-33-26-10-6-5-9-24(26)28(27(33)34)13-14-31(19-28)23-7-3-4-8-23;1-18(2)14-30-11-10-26(17-30)22-6-4-5-7-24(22)31(25(26)32)16-20-9-8-19(12-23(20)27)21-13-28-29(3)15-21;1-16(30)28-10-9-24(15-28)20-5-3-4-6-22(20)29(23(24)31)14-18-8-7-17(11-21(18)25)19-12-26-27(2)13-19/h2,4,6,8,10-11,14-16,23,26H,3,5,7,9,12-13,17-18H2,1H3;5-6,9-12,15-17,23H,2-4,7-8,13-14,18-19H2,1H3;4-9,12-13,15,18H,10-11,14,16-17H2,1-3H3;3-8,11-13H,9-10,14-15H2,1-2H3. The summed E-state index contributed by atoms with van der Waals surface area (Å²) >= 11 is 0. The number of anilines is 4. The molecule has 4 spiro atoms. The summed E-state index contributed by atoms with van der Waals surface area (Å²) in [4.78, 5) is 83.1. The van der Waals surface area contributed by atoms with Gasteiger partial charge < -0.3 is 29.4 Å². The Morgan fingerprint density at radius 3 is 1.10 bits per heavy atom. The summed E-state index contributed by atoms with van der Waals surface area (Å²) in [6.45, 7) is 16.1. The predicted octanol–water partition coefficient (Wildman–Crippen LogP) is 17.8. The van der Waals surface area contributed by atoms with E-state index in [0.717, 1.165) is 161 Å². The van der Waals surface area contributed by atoms with Crippen LogP contribution in [-0.4, -0.2) is 165 Å². The zero-order valence-electron chi connectivity index (χ0n) is 76.1. The first-order chi connectivity index (χ1) is 63.8. The molecular weight excluding hydrogens is 1670 g/mol. The van der Waals surface area contributed by atoms with Gasteiger partial charge in [0.05, 0.1) is 72.6 Å². The number of benzene rings is 8. The second-order valence-electron chi connectivity index (χ2n) is 38.3. The van der Waals surface area contributed by atoms with Crippen LogP contribution in [0, 0.1) is 29.2 Å². The molecule has 6 fully saturated rings. The molecule has 8 aliphatic heterocycles. The molecule has 12 heterocycles. The summed E-state index contributed by atoms with van der Waals surface area (Å²) in [5.74, 6) is -0.591. The lowest BCUT2D eigenvalue weighted by atomic mass is 9.80. The maximum atomic E-state index is 15.2. The average molecular weight is 1790 g/mol. The van der Waals surface area contributed by atoms with Gasteiger partial charge in [0.2, 0.25) is 29.5 Å². The number of halogens is 5. The molecule has 26 heteroatoms. The van der Waals surface area contributed by atoms with Crippen molar-refractivity contribution in [1.82, 2.24) is 58.7 Å². The van der Waals surface area contributed by atoms with E-state index in [2.05, 4.69) is 61.1 Å². The molecule has 0 N–H and O–H groups in total. The molecule has 2 saturated carbocycles. The van der Waals surface area contributed by atoms with E-state index in [1.807, 2.05) is 178 Å². The Morgan fingerprint density at radius 1 is 0.402 bits per heavy atom. The summed E-state index contributed by atoms with van der Waals surface area (Å²) < 4.78 is 82.2. The number of hydrogen-bond acceptors (Lipinski definition) is 12. The summed E-state index contributed by atoms with van der Waals surface area (Å²) in [7, 11) is 5.48. The first-order valence-electron chi connectivity index (χ1n) is 46.7. The van der Waals surface area contributed by atoms with Gasteiger partial charge in [-0.1, -0.05) is 161 Å². The van der Waals surface area contributed by atoms with Gasteiger partial charge in [-0.2, -0.15) is 20.4 Å². The molecule has 4 saturated heterocycles. The number of hydrogen-bond donors (Lipinski definition) is 0. The lowest BCUT2D eigenvalue weighted by Crippen LogP contribution is -2.47. The fourth-order valence-electron chi connectivity index (χ4n) is 22.7. The average Bonchev–Trinajstić information content (AvgIpc) is 1.57. The number of carbonyl (C=O) groups is 5. The van der Waals surface area contributed by atoms with Gasteiger partial charge in [0.1, 0.15) is 29.4 Å². The molecular formula is C106H113F5N16O5. The van der Waals surface area contributed by atoms with E-state index in [9.17, 15) is 28.4 Å². The highest BCUT2D eigenvalue weighted by Gasteiger charge is 2.59. The number of fused-ring (bicyclic) bond motifs is 8. The molecule has 0 radical (unpaired) electrons. The zero-order valence-corrected chi connectivity index (χ0v) is 76.1. The van der Waals surface area contributed by atoms with Crippen LogP contribution in [0.5, 0.6) is 0 Å². The van der Waals surface area contributed by atoms with E-state index in [0.29, 0.717) is 79.7 Å². The maximum Gasteiger partial charge on any atom is 0.239 e. The van der Waals surface area contributed by atoms with Crippen LogP contribution in [-0.2, 0) is 99.5 Å². The molecule has 682 valence electrons. The number of rotatable bonds is 17. The molecule has 22 rings (SSSR count). The third-order valence-corrected chi connectivity index (χ3v) is 29.6. The number of aromatic nitrogens is 8. The van der Waals surface area contributed by atoms with Gasteiger partial charge >= 0.3 is 0 Å². The Bertz CT molecular complexity index is 6390. The van der Waals surface area contributed by atoms with E-state index in [1.54, 1.807) is 82.7 Å². The van der Waals surface area contributed by atoms with E-state index in [1.165, 1.54) is 50.8 Å². The summed E-state index contributed by atoms with van der Waals surface area (Å²) in [6, 6.07) is 52.9. The highest BCUT2D eigenvalue weighted by molar-refractivity contribution is 6.11. The first kappa shape index (κ1) is 88.7. The van der Waals surface area contributed by atoms with Crippen LogP contribution in [0.1, 0.15) is 149 Å². The van der Waals surface area contributed by atoms with Gasteiger partial charge in [-0.05, 0) is 170 Å². The number of nitrogens with zero attached hydrogens (tertiary/aromatic N) is 16. The van der Waals surface area contributed by atoms with Crippen LogP contribution in [0.2, 0.25) is 0 Å². The molecule has 4 aromatic heterocycles. The maximum absolute atomic E-state index is 15.2. The topological polar surface area (TPSA) is 183 Å². The van der Waals surface area contributed by atoms with Crippen LogP contribution in [0.3, 0.4) is 0 Å². The summed E-state index contributed by atoms with van der Waals surface area (Å²) in [5.41, 5.74) is 13.7. The van der Waals surface area contributed by atoms with E-state index >= 15 is 17.6 Å². The van der Waals surface area contributed by atoms with Gasteiger partial charge in [0.15, 0.2) is 0 Å². The fraction of sp³-hybridized carbons (Fsp3) is 0.387. The quantitative estimate of drug-likeness (QED) is 0.0788. The molecule has 21 nitrogen and oxygen atoms in total. The number of aryl methyl sites for hydroxylation is 4. The van der Waals surface area contributed by atoms with Crippen molar-refractivity contribution in [3.63, 3.8) is 0 Å². The van der Waals surface area contributed by atoms with Crippen molar-refractivity contribution in [3.8, 4) is 44.5 Å². The largest absolute Gasteiger partial charge is 0.341 e. The lowest BCUT2D eigenvalue weighted by Gasteiger charge is -2.34. The smallest absolute Gasteiger partial charge is 0.239 e. The molecule has 10 aliphatic rings. The molecule has 0 bridgehead atoms. The molecule has 5 amide bonds. The summed E-state index contributed by atoms with van der Waals surface area (Å²) in [6.07, 6.45) is 25.0. The van der Waals surface area contributed by atoms with Crippen molar-refractivity contribution < 1.29 is 45.9 Å². The minimum Gasteiger partial charge on any atom is -0.341 e. The molecule has 2 aliphatic carbocycles. The molecule has 12 aromatic rings. The normalized spacial score (nSPS) is 22.7. The number of para-hydroxylation sites is 4. The predicted molar refractivity (Wildman–Crippen MR) is 501 cm³/mol. The van der Waals surface area contributed by atoms with E-state index < -0.39 is 27.8 Å². The van der Waals surface area contributed by atoms with Crippen LogP contribution < -0.4 is 19.6 Å². The Hall–Kier alpha value is -12.5. The first-order valence-corrected chi connectivity index (χ1v) is 46.7. The van der Waals surface area contributed by atoms with E-state index in [4.69, 9.17) is 0 Å². The number of alkyl halides is 1. The highest BCUT2D eigenvalue weighted by Crippen LogP contribution is 2.54. The Balaban J connectivity index is 0.000000114. The van der Waals surface area contributed by atoms with Crippen molar-refractivity contribution >= 4 is 52.3 Å². The Morgan fingerprint density at radius 2 is 0.742 bits per heavy atom.